The molecule has 0 saturated heterocycles. The van der Waals surface area contributed by atoms with Crippen LogP contribution in [0.3, 0.4) is 0 Å². The van der Waals surface area contributed by atoms with Crippen molar-refractivity contribution >= 4 is 12.2 Å². The van der Waals surface area contributed by atoms with Crippen LogP contribution in [0, 0.1) is 0 Å². The first-order chi connectivity index (χ1) is 8.75. The molecule has 0 radical (unpaired) electrons. The Morgan fingerprint density at radius 1 is 1.39 bits per heavy atom. The lowest BCUT2D eigenvalue weighted by atomic mass is 10.0. The molecule has 1 atom stereocenters. The second-order valence-electron chi connectivity index (χ2n) is 3.77. The minimum Gasteiger partial charge on any atom is -0.289 e. The van der Waals surface area contributed by atoms with Gasteiger partial charge in [0.25, 0.3) is 5.56 Å². The Bertz CT molecular complexity index is 578. The Morgan fingerprint density at radius 3 is 2.89 bits per heavy atom. The molecule has 0 aliphatic rings. The number of aromatic nitrogens is 3. The van der Waals surface area contributed by atoms with Crippen LogP contribution in [0.15, 0.2) is 46.4 Å². The quantitative estimate of drug-likeness (QED) is 0.627. The summed E-state index contributed by atoms with van der Waals surface area (Å²) >= 11 is 0. The van der Waals surface area contributed by atoms with E-state index in [-0.39, 0.29) is 17.4 Å². The molecule has 1 unspecified atom stereocenters. The monoisotopic (exact) mass is 243 g/mol. The molecule has 2 N–H and O–H groups in total. The maximum Gasteiger partial charge on any atom is 0.271 e. The van der Waals surface area contributed by atoms with Crippen molar-refractivity contribution in [3.8, 4) is 0 Å². The van der Waals surface area contributed by atoms with Gasteiger partial charge in [-0.3, -0.25) is 9.78 Å². The molecule has 1 aromatic carbocycles. The van der Waals surface area contributed by atoms with Crippen molar-refractivity contribution in [3.63, 3.8) is 0 Å². The van der Waals surface area contributed by atoms with Gasteiger partial charge in [-0.15, -0.1) is 10.2 Å². The highest BCUT2D eigenvalue weighted by atomic mass is 16.1. The molecule has 6 nitrogen and oxygen atoms in total. The van der Waals surface area contributed by atoms with E-state index < -0.39 is 0 Å². The largest absolute Gasteiger partial charge is 0.289 e. The number of aromatic amines is 1. The van der Waals surface area contributed by atoms with Gasteiger partial charge in [0.1, 0.15) is 6.20 Å². The van der Waals surface area contributed by atoms with Gasteiger partial charge in [0.05, 0.1) is 0 Å². The van der Waals surface area contributed by atoms with Gasteiger partial charge in [0, 0.05) is 12.1 Å². The molecule has 0 saturated carbocycles. The number of anilines is 1. The van der Waals surface area contributed by atoms with Crippen LogP contribution in [0.25, 0.3) is 0 Å². The zero-order valence-electron chi connectivity index (χ0n) is 9.87. The highest BCUT2D eigenvalue weighted by Crippen LogP contribution is 2.11. The van der Waals surface area contributed by atoms with Gasteiger partial charge in [0.2, 0.25) is 5.95 Å². The van der Waals surface area contributed by atoms with Crippen molar-refractivity contribution in [1.29, 1.82) is 0 Å². The standard InChI is InChI=1S/C12H13N5O/c1-9(10-5-3-2-4-6-10)7-13-16-12-15-11(18)8-14-17-12/h2-9H,1H3,(H2,15,16,17,18)/b13-7+. The minimum absolute atomic E-state index is 0.169. The first-order valence-corrected chi connectivity index (χ1v) is 5.52. The molecule has 2 rings (SSSR count). The molecule has 0 aliphatic carbocycles. The fraction of sp³-hybridized carbons (Fsp3) is 0.167. The molecule has 18 heavy (non-hydrogen) atoms. The fourth-order valence-corrected chi connectivity index (χ4v) is 1.42. The maximum absolute atomic E-state index is 11.0. The molecule has 1 aromatic heterocycles. The maximum atomic E-state index is 11.0. The predicted octanol–water partition coefficient (Wildman–Crippen LogP) is 1.37. The molecule has 0 amide bonds. The average molecular weight is 243 g/mol. The van der Waals surface area contributed by atoms with E-state index in [1.165, 1.54) is 0 Å². The lowest BCUT2D eigenvalue weighted by Gasteiger charge is -2.05. The predicted molar refractivity (Wildman–Crippen MR) is 69.6 cm³/mol. The summed E-state index contributed by atoms with van der Waals surface area (Å²) in [6.45, 7) is 2.03. The van der Waals surface area contributed by atoms with E-state index in [2.05, 4.69) is 25.7 Å². The summed E-state index contributed by atoms with van der Waals surface area (Å²) in [5.41, 5.74) is 3.47. The normalized spacial score (nSPS) is 12.5. The fourth-order valence-electron chi connectivity index (χ4n) is 1.42. The Labute approximate surface area is 104 Å². The van der Waals surface area contributed by atoms with Crippen LogP contribution in [0.4, 0.5) is 5.95 Å². The van der Waals surface area contributed by atoms with E-state index in [1.807, 2.05) is 37.3 Å². The lowest BCUT2D eigenvalue weighted by Crippen LogP contribution is -2.10. The third-order valence-electron chi connectivity index (χ3n) is 2.37. The molecular formula is C12H13N5O. The third kappa shape index (κ3) is 3.24. The second-order valence-corrected chi connectivity index (χ2v) is 3.77. The molecule has 2 aromatic rings. The van der Waals surface area contributed by atoms with Crippen molar-refractivity contribution in [2.45, 2.75) is 12.8 Å². The van der Waals surface area contributed by atoms with Gasteiger partial charge in [-0.05, 0) is 5.56 Å². The van der Waals surface area contributed by atoms with Crippen molar-refractivity contribution in [1.82, 2.24) is 15.2 Å². The molecule has 6 heteroatoms. The van der Waals surface area contributed by atoms with Gasteiger partial charge in [0.15, 0.2) is 0 Å². The van der Waals surface area contributed by atoms with E-state index in [1.54, 1.807) is 6.21 Å². The van der Waals surface area contributed by atoms with Gasteiger partial charge in [-0.2, -0.15) is 5.10 Å². The van der Waals surface area contributed by atoms with Crippen LogP contribution in [0.2, 0.25) is 0 Å². The van der Waals surface area contributed by atoms with Crippen LogP contribution >= 0.6 is 0 Å². The summed E-state index contributed by atoms with van der Waals surface area (Å²) in [6, 6.07) is 9.98. The van der Waals surface area contributed by atoms with Gasteiger partial charge in [-0.1, -0.05) is 37.3 Å². The highest BCUT2D eigenvalue weighted by Gasteiger charge is 2.00. The third-order valence-corrected chi connectivity index (χ3v) is 2.37. The van der Waals surface area contributed by atoms with E-state index in [0.29, 0.717) is 0 Å². The molecule has 0 fully saturated rings. The zero-order valence-corrected chi connectivity index (χ0v) is 9.87. The Morgan fingerprint density at radius 2 is 2.17 bits per heavy atom. The molecule has 0 aliphatic heterocycles. The van der Waals surface area contributed by atoms with Crippen molar-refractivity contribution in [2.75, 3.05) is 5.43 Å². The number of H-pyrrole nitrogens is 1. The van der Waals surface area contributed by atoms with E-state index in [0.717, 1.165) is 11.8 Å². The summed E-state index contributed by atoms with van der Waals surface area (Å²) in [7, 11) is 0. The van der Waals surface area contributed by atoms with Crippen LogP contribution < -0.4 is 11.0 Å². The van der Waals surface area contributed by atoms with Crippen LogP contribution in [-0.2, 0) is 0 Å². The molecule has 0 spiro atoms. The molecule has 0 bridgehead atoms. The zero-order chi connectivity index (χ0) is 12.8. The average Bonchev–Trinajstić information content (AvgIpc) is 2.40. The number of benzene rings is 1. The van der Waals surface area contributed by atoms with Crippen LogP contribution in [0.1, 0.15) is 18.4 Å². The van der Waals surface area contributed by atoms with Gasteiger partial charge < -0.3 is 0 Å². The summed E-state index contributed by atoms with van der Waals surface area (Å²) in [5, 5.41) is 11.2. The van der Waals surface area contributed by atoms with Crippen LogP contribution in [0.5, 0.6) is 0 Å². The number of nitrogens with zero attached hydrogens (tertiary/aromatic N) is 3. The number of hydrogen-bond acceptors (Lipinski definition) is 5. The SMILES string of the molecule is CC(/C=N/Nc1nncc(=O)[nH]1)c1ccccc1. The van der Waals surface area contributed by atoms with E-state index in [4.69, 9.17) is 0 Å². The second kappa shape index (κ2) is 5.72. The van der Waals surface area contributed by atoms with E-state index >= 15 is 0 Å². The summed E-state index contributed by atoms with van der Waals surface area (Å²) in [5.74, 6) is 0.390. The highest BCUT2D eigenvalue weighted by molar-refractivity contribution is 5.67. The Hall–Kier alpha value is -2.50. The van der Waals surface area contributed by atoms with Gasteiger partial charge >= 0.3 is 0 Å². The lowest BCUT2D eigenvalue weighted by molar-refractivity contribution is 0.935. The van der Waals surface area contributed by atoms with Crippen molar-refractivity contribution < 1.29 is 0 Å². The first kappa shape index (κ1) is 12.0. The summed E-state index contributed by atoms with van der Waals surface area (Å²) in [4.78, 5) is 13.4. The number of nitrogens with one attached hydrogen (secondary N) is 2. The minimum atomic E-state index is -0.321. The number of rotatable bonds is 4. The summed E-state index contributed by atoms with van der Waals surface area (Å²) in [6.07, 6.45) is 2.84. The van der Waals surface area contributed by atoms with Crippen LogP contribution in [-0.4, -0.2) is 21.4 Å². The molecule has 92 valence electrons. The Balaban J connectivity index is 1.98. The smallest absolute Gasteiger partial charge is 0.271 e. The Kier molecular flexibility index (Phi) is 3.80. The first-order valence-electron chi connectivity index (χ1n) is 5.52. The van der Waals surface area contributed by atoms with Crippen molar-refractivity contribution in [2.24, 2.45) is 5.10 Å². The van der Waals surface area contributed by atoms with Crippen molar-refractivity contribution in [3.05, 3.63) is 52.4 Å². The number of hydrazone groups is 1. The van der Waals surface area contributed by atoms with E-state index in [9.17, 15) is 4.79 Å². The van der Waals surface area contributed by atoms with Gasteiger partial charge in [-0.25, -0.2) is 5.43 Å². The summed E-state index contributed by atoms with van der Waals surface area (Å²) < 4.78 is 0. The molecular weight excluding hydrogens is 230 g/mol. The number of hydrogen-bond donors (Lipinski definition) is 2. The molecule has 1 heterocycles. The topological polar surface area (TPSA) is 83.0 Å².